The molecule has 0 radical (unpaired) electrons. The van der Waals surface area contributed by atoms with Crippen LogP contribution in [0, 0.1) is 19.8 Å². The summed E-state index contributed by atoms with van der Waals surface area (Å²) in [5, 5.41) is 3.90. The fourth-order valence-electron chi connectivity index (χ4n) is 4.57. The first kappa shape index (κ1) is 27.1. The zero-order valence-electron chi connectivity index (χ0n) is 21.7. The van der Waals surface area contributed by atoms with Crippen molar-refractivity contribution in [3.05, 3.63) is 58.4 Å². The first-order chi connectivity index (χ1) is 16.9. The molecular formula is C29H40ClN3O2. The number of fused-ring (bicyclic) bond motifs is 1. The average molecular weight is 498 g/mol. The lowest BCUT2D eigenvalue weighted by Crippen LogP contribution is -2.30. The lowest BCUT2D eigenvalue weighted by atomic mass is 10.0. The van der Waals surface area contributed by atoms with E-state index < -0.39 is 0 Å². The van der Waals surface area contributed by atoms with Crippen molar-refractivity contribution in [1.82, 2.24) is 14.9 Å². The number of amides is 1. The number of nitrogens with zero attached hydrogens (tertiary/aromatic N) is 2. The molecule has 0 atom stereocenters. The Morgan fingerprint density at radius 2 is 1.77 bits per heavy atom. The van der Waals surface area contributed by atoms with Gasteiger partial charge < -0.3 is 14.6 Å². The number of carbonyl (C=O) groups excluding carboxylic acids is 1. The highest BCUT2D eigenvalue weighted by atomic mass is 35.5. The summed E-state index contributed by atoms with van der Waals surface area (Å²) in [6, 6.07) is 12.3. The maximum absolute atomic E-state index is 12.1. The van der Waals surface area contributed by atoms with Gasteiger partial charge in [0.2, 0.25) is 5.91 Å². The largest absolute Gasteiger partial charge is 0.494 e. The van der Waals surface area contributed by atoms with Crippen LogP contribution in [0.3, 0.4) is 0 Å². The molecule has 1 aromatic heterocycles. The summed E-state index contributed by atoms with van der Waals surface area (Å²) in [4.78, 5) is 17.0. The SMILES string of the molecule is CCC(CC)C(=O)NCCCCCc1nc2ccccc2n1CCCOc1cc(C)c(Cl)c(C)c1. The van der Waals surface area contributed by atoms with E-state index >= 15 is 0 Å². The van der Waals surface area contributed by atoms with E-state index in [0.717, 1.165) is 91.3 Å². The van der Waals surface area contributed by atoms with Crippen molar-refractivity contribution < 1.29 is 9.53 Å². The smallest absolute Gasteiger partial charge is 0.223 e. The maximum Gasteiger partial charge on any atom is 0.223 e. The van der Waals surface area contributed by atoms with Crippen molar-refractivity contribution >= 4 is 28.5 Å². The molecule has 1 heterocycles. The van der Waals surface area contributed by atoms with Crippen molar-refractivity contribution in [1.29, 1.82) is 0 Å². The van der Waals surface area contributed by atoms with Crippen molar-refractivity contribution in [2.45, 2.75) is 79.2 Å². The number of benzene rings is 2. The highest BCUT2D eigenvalue weighted by Gasteiger charge is 2.13. The van der Waals surface area contributed by atoms with Gasteiger partial charge in [-0.05, 0) is 81.3 Å². The van der Waals surface area contributed by atoms with Crippen LogP contribution in [0.15, 0.2) is 36.4 Å². The second-order valence-electron chi connectivity index (χ2n) is 9.36. The summed E-state index contributed by atoms with van der Waals surface area (Å²) in [6.45, 7) is 10.4. The average Bonchev–Trinajstić information content (AvgIpc) is 3.20. The molecule has 0 unspecified atom stereocenters. The third-order valence-corrected chi connectivity index (χ3v) is 7.27. The van der Waals surface area contributed by atoms with Gasteiger partial charge in [0.05, 0.1) is 17.6 Å². The van der Waals surface area contributed by atoms with E-state index in [0.29, 0.717) is 6.61 Å². The van der Waals surface area contributed by atoms with E-state index in [9.17, 15) is 4.79 Å². The Morgan fingerprint density at radius 3 is 2.49 bits per heavy atom. The van der Waals surface area contributed by atoms with Crippen LogP contribution in [0.25, 0.3) is 11.0 Å². The van der Waals surface area contributed by atoms with Crippen LogP contribution in [0.5, 0.6) is 5.75 Å². The van der Waals surface area contributed by atoms with E-state index in [1.165, 1.54) is 5.52 Å². The molecule has 35 heavy (non-hydrogen) atoms. The number of ether oxygens (including phenoxy) is 1. The number of halogens is 1. The zero-order chi connectivity index (χ0) is 25.2. The Labute approximate surface area is 215 Å². The lowest BCUT2D eigenvalue weighted by molar-refractivity contribution is -0.125. The van der Waals surface area contributed by atoms with E-state index in [1.54, 1.807) is 0 Å². The van der Waals surface area contributed by atoms with E-state index in [4.69, 9.17) is 21.3 Å². The van der Waals surface area contributed by atoms with Crippen LogP contribution < -0.4 is 10.1 Å². The molecule has 0 aliphatic rings. The number of aryl methyl sites for hydroxylation is 4. The molecular weight excluding hydrogens is 458 g/mol. The molecule has 2 aromatic carbocycles. The van der Waals surface area contributed by atoms with Crippen LogP contribution in [-0.2, 0) is 17.8 Å². The van der Waals surface area contributed by atoms with Gasteiger partial charge >= 0.3 is 0 Å². The number of hydrogen-bond donors (Lipinski definition) is 1. The second kappa shape index (κ2) is 13.5. The third kappa shape index (κ3) is 7.47. The predicted molar refractivity (Wildman–Crippen MR) is 145 cm³/mol. The summed E-state index contributed by atoms with van der Waals surface area (Å²) >= 11 is 6.28. The Kier molecular flexibility index (Phi) is 10.5. The monoisotopic (exact) mass is 497 g/mol. The molecule has 0 saturated heterocycles. The van der Waals surface area contributed by atoms with Gasteiger partial charge in [-0.3, -0.25) is 4.79 Å². The lowest BCUT2D eigenvalue weighted by Gasteiger charge is -2.13. The molecule has 1 N–H and O–H groups in total. The van der Waals surface area contributed by atoms with Crippen LogP contribution >= 0.6 is 11.6 Å². The summed E-state index contributed by atoms with van der Waals surface area (Å²) in [7, 11) is 0. The molecule has 0 spiro atoms. The molecule has 3 aromatic rings. The summed E-state index contributed by atoms with van der Waals surface area (Å²) < 4.78 is 8.36. The van der Waals surface area contributed by atoms with Crippen LogP contribution in [-0.4, -0.2) is 28.6 Å². The molecule has 190 valence electrons. The molecule has 0 bridgehead atoms. The minimum absolute atomic E-state index is 0.145. The second-order valence-corrected chi connectivity index (χ2v) is 9.73. The number of hydrogen-bond acceptors (Lipinski definition) is 3. The first-order valence-corrected chi connectivity index (χ1v) is 13.4. The fourth-order valence-corrected chi connectivity index (χ4v) is 4.68. The van der Waals surface area contributed by atoms with E-state index in [1.807, 2.05) is 32.0 Å². The van der Waals surface area contributed by atoms with Gasteiger partial charge in [0.15, 0.2) is 0 Å². The van der Waals surface area contributed by atoms with Gasteiger partial charge in [0.1, 0.15) is 11.6 Å². The summed E-state index contributed by atoms with van der Waals surface area (Å²) in [6.07, 6.45) is 6.78. The van der Waals surface area contributed by atoms with Crippen LogP contribution in [0.2, 0.25) is 5.02 Å². The van der Waals surface area contributed by atoms with Gasteiger partial charge in [0.25, 0.3) is 0 Å². The van der Waals surface area contributed by atoms with E-state index in [-0.39, 0.29) is 11.8 Å². The van der Waals surface area contributed by atoms with Crippen molar-refractivity contribution in [2.24, 2.45) is 5.92 Å². The number of imidazole rings is 1. The van der Waals surface area contributed by atoms with Crippen LogP contribution in [0.1, 0.15) is 69.3 Å². The molecule has 0 aliphatic heterocycles. The third-order valence-electron chi connectivity index (χ3n) is 6.67. The van der Waals surface area contributed by atoms with Gasteiger partial charge in [-0.15, -0.1) is 0 Å². The minimum Gasteiger partial charge on any atom is -0.494 e. The van der Waals surface area contributed by atoms with Gasteiger partial charge in [-0.1, -0.05) is 44.0 Å². The summed E-state index contributed by atoms with van der Waals surface area (Å²) in [5.41, 5.74) is 4.31. The van der Waals surface area contributed by atoms with Crippen molar-refractivity contribution in [2.75, 3.05) is 13.2 Å². The summed E-state index contributed by atoms with van der Waals surface area (Å²) in [5.74, 6) is 2.34. The number of unbranched alkanes of at least 4 members (excludes halogenated alkanes) is 2. The topological polar surface area (TPSA) is 56.2 Å². The molecule has 0 aliphatic carbocycles. The standard InChI is InChI=1S/C29H40ClN3O2/c1-5-23(6-2)29(34)31-16-11-7-8-15-27-32-25-13-9-10-14-26(25)33(27)17-12-18-35-24-19-21(3)28(30)22(4)20-24/h9-10,13-14,19-20,23H,5-8,11-12,15-18H2,1-4H3,(H,31,34). The van der Waals surface area contributed by atoms with Gasteiger partial charge in [0, 0.05) is 30.5 Å². The molecule has 1 amide bonds. The molecule has 0 saturated carbocycles. The number of rotatable bonds is 14. The van der Waals surface area contributed by atoms with Gasteiger partial charge in [-0.2, -0.15) is 0 Å². The van der Waals surface area contributed by atoms with Crippen molar-refractivity contribution in [3.8, 4) is 5.75 Å². The quantitative estimate of drug-likeness (QED) is 0.243. The number of carbonyl (C=O) groups is 1. The molecule has 6 heteroatoms. The Hall–Kier alpha value is -2.53. The van der Waals surface area contributed by atoms with Crippen molar-refractivity contribution in [3.63, 3.8) is 0 Å². The maximum atomic E-state index is 12.1. The van der Waals surface area contributed by atoms with E-state index in [2.05, 4.69) is 41.9 Å². The fraction of sp³-hybridized carbons (Fsp3) is 0.517. The number of para-hydroxylation sites is 2. The molecule has 0 fully saturated rings. The Morgan fingerprint density at radius 1 is 1.06 bits per heavy atom. The Balaban J connectivity index is 1.50. The number of nitrogens with one attached hydrogen (secondary N) is 1. The van der Waals surface area contributed by atoms with Gasteiger partial charge in [-0.25, -0.2) is 4.98 Å². The minimum atomic E-state index is 0.145. The highest BCUT2D eigenvalue weighted by molar-refractivity contribution is 6.32. The molecule has 5 nitrogen and oxygen atoms in total. The Bertz CT molecular complexity index is 1080. The highest BCUT2D eigenvalue weighted by Crippen LogP contribution is 2.26. The molecule has 3 rings (SSSR count). The number of aromatic nitrogens is 2. The normalized spacial score (nSPS) is 11.4. The first-order valence-electron chi connectivity index (χ1n) is 13.1. The predicted octanol–water partition coefficient (Wildman–Crippen LogP) is 7.04. The zero-order valence-corrected chi connectivity index (χ0v) is 22.5. The van der Waals surface area contributed by atoms with Crippen LogP contribution in [0.4, 0.5) is 0 Å².